The molecule has 2 aromatic rings. The summed E-state index contributed by atoms with van der Waals surface area (Å²) in [6, 6.07) is 6.90. The number of carboxylic acid groups (broad SMARTS) is 1. The van der Waals surface area contributed by atoms with Gasteiger partial charge in [0, 0.05) is 0 Å². The molecule has 0 saturated carbocycles. The van der Waals surface area contributed by atoms with Crippen LogP contribution in [0, 0.1) is 0 Å². The van der Waals surface area contributed by atoms with Crippen LogP contribution in [0.1, 0.15) is 0 Å². The molecule has 1 heterocycles. The normalized spacial score (nSPS) is 10.2. The topological polar surface area (TPSA) is 77.2 Å². The highest BCUT2D eigenvalue weighted by Gasteiger charge is 2.06. The largest absolute Gasteiger partial charge is 0.532 e. The molecule has 0 amide bonds. The first kappa shape index (κ1) is 7.53. The number of hydrogen-bond donors (Lipinski definition) is 1. The predicted octanol–water partition coefficient (Wildman–Crippen LogP) is 0.538. The average Bonchev–Trinajstić information content (AvgIpc) is 2.48. The van der Waals surface area contributed by atoms with Crippen molar-refractivity contribution in [1.29, 1.82) is 0 Å². The van der Waals surface area contributed by atoms with E-state index < -0.39 is 6.16 Å². The van der Waals surface area contributed by atoms with Gasteiger partial charge < -0.3 is 5.11 Å². The Morgan fingerprint density at radius 1 is 1.46 bits per heavy atom. The monoisotopic (exact) mass is 179 g/mol. The first-order valence-corrected chi connectivity index (χ1v) is 3.49. The van der Waals surface area contributed by atoms with E-state index >= 15 is 0 Å². The van der Waals surface area contributed by atoms with E-state index in [1.54, 1.807) is 24.3 Å². The Labute approximate surface area is 72.3 Å². The maximum absolute atomic E-state index is 10.2. The van der Waals surface area contributed by atoms with E-state index in [9.17, 15) is 4.79 Å². The first-order valence-electron chi connectivity index (χ1n) is 3.49. The van der Waals surface area contributed by atoms with Crippen molar-refractivity contribution in [2.75, 3.05) is 0 Å². The average molecular weight is 179 g/mol. The molecule has 0 radical (unpaired) electrons. The van der Waals surface area contributed by atoms with E-state index in [2.05, 4.69) is 15.1 Å². The van der Waals surface area contributed by atoms with Gasteiger partial charge in [-0.1, -0.05) is 17.0 Å². The van der Waals surface area contributed by atoms with Crippen molar-refractivity contribution in [3.05, 3.63) is 24.3 Å². The molecule has 6 heteroatoms. The minimum atomic E-state index is -1.42. The number of nitrogens with zero attached hydrogens (tertiary/aromatic N) is 3. The highest BCUT2D eigenvalue weighted by molar-refractivity contribution is 5.74. The van der Waals surface area contributed by atoms with Crippen molar-refractivity contribution in [3.8, 4) is 0 Å². The molecule has 2 rings (SSSR count). The molecule has 0 bridgehead atoms. The van der Waals surface area contributed by atoms with Gasteiger partial charge in [-0.2, -0.15) is 0 Å². The van der Waals surface area contributed by atoms with Crippen molar-refractivity contribution in [2.24, 2.45) is 0 Å². The summed E-state index contributed by atoms with van der Waals surface area (Å²) in [6.45, 7) is 0. The number of aromatic nitrogens is 3. The van der Waals surface area contributed by atoms with Gasteiger partial charge in [0.15, 0.2) is 0 Å². The molecule has 6 nitrogen and oxygen atoms in total. The van der Waals surface area contributed by atoms with Gasteiger partial charge in [-0.3, -0.25) is 4.84 Å². The SMILES string of the molecule is O=C(O)On1nnc2ccccc21. The Morgan fingerprint density at radius 3 is 3.00 bits per heavy atom. The number of fused-ring (bicyclic) bond motifs is 1. The summed E-state index contributed by atoms with van der Waals surface area (Å²) in [6.07, 6.45) is -1.42. The van der Waals surface area contributed by atoms with Gasteiger partial charge in [0.05, 0.1) is 0 Å². The van der Waals surface area contributed by atoms with Crippen LogP contribution in [0.25, 0.3) is 11.0 Å². The second-order valence-corrected chi connectivity index (χ2v) is 2.31. The van der Waals surface area contributed by atoms with Gasteiger partial charge in [-0.05, 0) is 17.3 Å². The maximum Gasteiger partial charge on any atom is 0.532 e. The summed E-state index contributed by atoms with van der Waals surface area (Å²) in [4.78, 5) is 15.4. The van der Waals surface area contributed by atoms with Gasteiger partial charge in [0.25, 0.3) is 0 Å². The summed E-state index contributed by atoms with van der Waals surface area (Å²) in [5.41, 5.74) is 1.11. The van der Waals surface area contributed by atoms with E-state index in [1.165, 1.54) is 0 Å². The lowest BCUT2D eigenvalue weighted by Gasteiger charge is -1.96. The molecule has 0 unspecified atom stereocenters. The van der Waals surface area contributed by atoms with Crippen LogP contribution in [0.5, 0.6) is 0 Å². The van der Waals surface area contributed by atoms with Crippen LogP contribution in [0.3, 0.4) is 0 Å². The maximum atomic E-state index is 10.2. The van der Waals surface area contributed by atoms with E-state index in [0.717, 1.165) is 4.85 Å². The molecule has 1 aromatic carbocycles. The molecule has 1 N–H and O–H groups in total. The second kappa shape index (κ2) is 2.74. The molecule has 1 aromatic heterocycles. The zero-order valence-electron chi connectivity index (χ0n) is 6.41. The smallest absolute Gasteiger partial charge is 0.448 e. The van der Waals surface area contributed by atoms with Gasteiger partial charge in [0.2, 0.25) is 0 Å². The van der Waals surface area contributed by atoms with Crippen LogP contribution >= 0.6 is 0 Å². The fourth-order valence-corrected chi connectivity index (χ4v) is 0.989. The molecule has 0 spiro atoms. The number of hydrogen-bond acceptors (Lipinski definition) is 4. The number of rotatable bonds is 1. The Kier molecular flexibility index (Phi) is 1.59. The first-order chi connectivity index (χ1) is 6.27. The van der Waals surface area contributed by atoms with Crippen LogP contribution < -0.4 is 4.84 Å². The highest BCUT2D eigenvalue weighted by atomic mass is 16.8. The number of para-hydroxylation sites is 1. The standard InChI is InChI=1S/C7H5N3O3/c11-7(12)13-10-6-4-2-1-3-5(6)8-9-10/h1-4H,(H,11,12). The molecule has 0 aliphatic carbocycles. The zero-order chi connectivity index (χ0) is 9.26. The molecule has 66 valence electrons. The van der Waals surface area contributed by atoms with Crippen molar-refractivity contribution < 1.29 is 14.7 Å². The Bertz CT molecular complexity index is 451. The van der Waals surface area contributed by atoms with E-state index in [4.69, 9.17) is 5.11 Å². The molecular formula is C7H5N3O3. The van der Waals surface area contributed by atoms with Crippen molar-refractivity contribution >= 4 is 17.2 Å². The Hall–Kier alpha value is -2.11. The van der Waals surface area contributed by atoms with Crippen molar-refractivity contribution in [2.45, 2.75) is 0 Å². The van der Waals surface area contributed by atoms with E-state index in [-0.39, 0.29) is 0 Å². The van der Waals surface area contributed by atoms with Crippen LogP contribution in [0.15, 0.2) is 24.3 Å². The predicted molar refractivity (Wildman–Crippen MR) is 42.1 cm³/mol. The lowest BCUT2D eigenvalue weighted by atomic mass is 10.3. The Morgan fingerprint density at radius 2 is 2.23 bits per heavy atom. The van der Waals surface area contributed by atoms with E-state index in [1.807, 2.05) is 0 Å². The van der Waals surface area contributed by atoms with Crippen LogP contribution in [-0.2, 0) is 0 Å². The van der Waals surface area contributed by atoms with Crippen LogP contribution in [0.4, 0.5) is 4.79 Å². The van der Waals surface area contributed by atoms with Crippen molar-refractivity contribution in [3.63, 3.8) is 0 Å². The molecule has 0 atom stereocenters. The van der Waals surface area contributed by atoms with Gasteiger partial charge in [-0.15, -0.1) is 5.10 Å². The summed E-state index contributed by atoms with van der Waals surface area (Å²) in [7, 11) is 0. The number of carbonyl (C=O) groups is 1. The molecular weight excluding hydrogens is 174 g/mol. The third-order valence-electron chi connectivity index (χ3n) is 1.49. The van der Waals surface area contributed by atoms with Gasteiger partial charge in [0.1, 0.15) is 11.0 Å². The van der Waals surface area contributed by atoms with Crippen LogP contribution in [0.2, 0.25) is 0 Å². The summed E-state index contributed by atoms with van der Waals surface area (Å²) < 4.78 is 0. The molecule has 0 saturated heterocycles. The van der Waals surface area contributed by atoms with Gasteiger partial charge in [-0.25, -0.2) is 4.79 Å². The van der Waals surface area contributed by atoms with Crippen LogP contribution in [-0.4, -0.2) is 26.4 Å². The molecule has 0 aliphatic rings. The summed E-state index contributed by atoms with van der Waals surface area (Å²) in [5, 5.41) is 15.5. The Balaban J connectivity index is 2.51. The minimum Gasteiger partial charge on any atom is -0.448 e. The van der Waals surface area contributed by atoms with Gasteiger partial charge >= 0.3 is 6.16 Å². The van der Waals surface area contributed by atoms with E-state index in [0.29, 0.717) is 11.0 Å². The zero-order valence-corrected chi connectivity index (χ0v) is 6.41. The number of benzene rings is 1. The highest BCUT2D eigenvalue weighted by Crippen LogP contribution is 2.07. The lowest BCUT2D eigenvalue weighted by molar-refractivity contribution is 0.0708. The fourth-order valence-electron chi connectivity index (χ4n) is 0.989. The lowest BCUT2D eigenvalue weighted by Crippen LogP contribution is -2.18. The molecule has 13 heavy (non-hydrogen) atoms. The third-order valence-corrected chi connectivity index (χ3v) is 1.49. The molecule has 0 aliphatic heterocycles. The minimum absolute atomic E-state index is 0.518. The second-order valence-electron chi connectivity index (χ2n) is 2.31. The fraction of sp³-hybridized carbons (Fsp3) is 0. The molecule has 0 fully saturated rings. The third kappa shape index (κ3) is 1.28. The van der Waals surface area contributed by atoms with Crippen molar-refractivity contribution in [1.82, 2.24) is 15.2 Å². The quantitative estimate of drug-likeness (QED) is 0.646. The summed E-state index contributed by atoms with van der Waals surface area (Å²) in [5.74, 6) is 0. The summed E-state index contributed by atoms with van der Waals surface area (Å²) >= 11 is 0.